The lowest BCUT2D eigenvalue weighted by atomic mass is 10.2. The Morgan fingerprint density at radius 1 is 1.36 bits per heavy atom. The van der Waals surface area contributed by atoms with Crippen LogP contribution in [0, 0.1) is 0 Å². The molecule has 1 atom stereocenters. The van der Waals surface area contributed by atoms with Gasteiger partial charge in [0.2, 0.25) is 0 Å². The summed E-state index contributed by atoms with van der Waals surface area (Å²) in [7, 11) is -0.00140. The Kier molecular flexibility index (Phi) is 6.19. The highest BCUT2D eigenvalue weighted by Gasteiger charge is 2.32. The maximum atomic E-state index is 12.0. The largest absolute Gasteiger partial charge is 0.497 e. The molecule has 0 aliphatic carbocycles. The van der Waals surface area contributed by atoms with Crippen LogP contribution in [0.4, 0.5) is 0 Å². The van der Waals surface area contributed by atoms with Crippen molar-refractivity contribution < 1.29 is 27.5 Å². The van der Waals surface area contributed by atoms with Gasteiger partial charge in [0.1, 0.15) is 5.75 Å². The van der Waals surface area contributed by atoms with Gasteiger partial charge in [0.25, 0.3) is 5.91 Å². The van der Waals surface area contributed by atoms with Crippen LogP contribution in [-0.2, 0) is 24.2 Å². The summed E-state index contributed by atoms with van der Waals surface area (Å²) in [6.45, 7) is -0.422. The molecular weight excluding hydrogens is 346 g/mol. The molecule has 1 aromatic rings. The maximum Gasteiger partial charge on any atom is 0.331 e. The van der Waals surface area contributed by atoms with Crippen LogP contribution in [0.1, 0.15) is 12.0 Å². The summed E-state index contributed by atoms with van der Waals surface area (Å²) in [5, 5.41) is 0. The molecule has 25 heavy (non-hydrogen) atoms. The van der Waals surface area contributed by atoms with E-state index in [4.69, 9.17) is 9.47 Å². The summed E-state index contributed by atoms with van der Waals surface area (Å²) in [5.41, 5.74) is 0.760. The fourth-order valence-corrected chi connectivity index (χ4v) is 4.25. The van der Waals surface area contributed by atoms with Gasteiger partial charge in [0.15, 0.2) is 16.4 Å². The number of carbonyl (C=O) groups is 2. The fraction of sp³-hybridized carbons (Fsp3) is 0.412. The molecule has 0 aromatic heterocycles. The van der Waals surface area contributed by atoms with E-state index in [0.29, 0.717) is 12.2 Å². The van der Waals surface area contributed by atoms with Gasteiger partial charge >= 0.3 is 5.97 Å². The highest BCUT2D eigenvalue weighted by atomic mass is 32.2. The van der Waals surface area contributed by atoms with E-state index >= 15 is 0 Å². The Bertz CT molecular complexity index is 771. The lowest BCUT2D eigenvalue weighted by molar-refractivity contribution is -0.148. The zero-order valence-electron chi connectivity index (χ0n) is 14.2. The van der Waals surface area contributed by atoms with E-state index in [1.54, 1.807) is 37.5 Å². The average molecular weight is 367 g/mol. The third kappa shape index (κ3) is 5.60. The summed E-state index contributed by atoms with van der Waals surface area (Å²) < 4.78 is 32.9. The van der Waals surface area contributed by atoms with Crippen molar-refractivity contribution in [1.29, 1.82) is 0 Å². The molecule has 1 aromatic carbocycles. The van der Waals surface area contributed by atoms with Crippen LogP contribution in [0.5, 0.6) is 5.75 Å². The minimum atomic E-state index is -3.07. The van der Waals surface area contributed by atoms with Crippen LogP contribution in [0.3, 0.4) is 0 Å². The Labute approximate surface area is 147 Å². The number of nitrogens with zero attached hydrogens (tertiary/aromatic N) is 1. The smallest absolute Gasteiger partial charge is 0.331 e. The van der Waals surface area contributed by atoms with Gasteiger partial charge in [-0.2, -0.15) is 0 Å². The van der Waals surface area contributed by atoms with Crippen molar-refractivity contribution in [2.45, 2.75) is 12.5 Å². The van der Waals surface area contributed by atoms with Crippen molar-refractivity contribution in [2.24, 2.45) is 0 Å². The monoisotopic (exact) mass is 367 g/mol. The van der Waals surface area contributed by atoms with Gasteiger partial charge in [-0.3, -0.25) is 4.79 Å². The van der Waals surface area contributed by atoms with Crippen LogP contribution < -0.4 is 4.74 Å². The van der Waals surface area contributed by atoms with Gasteiger partial charge in [0, 0.05) is 19.2 Å². The van der Waals surface area contributed by atoms with Gasteiger partial charge in [-0.15, -0.1) is 0 Å². The SMILES string of the molecule is COc1cccc(/C=C/C(=O)OCC(=O)N(C)C2CCS(=O)(=O)C2)c1. The number of hydrogen-bond acceptors (Lipinski definition) is 6. The Morgan fingerprint density at radius 2 is 2.12 bits per heavy atom. The minimum Gasteiger partial charge on any atom is -0.497 e. The molecular formula is C17H21NO6S. The van der Waals surface area contributed by atoms with Gasteiger partial charge in [-0.1, -0.05) is 12.1 Å². The molecule has 1 amide bonds. The van der Waals surface area contributed by atoms with Crippen LogP contribution in [0.25, 0.3) is 6.08 Å². The predicted molar refractivity (Wildman–Crippen MR) is 92.8 cm³/mol. The van der Waals surface area contributed by atoms with Crippen molar-refractivity contribution in [3.05, 3.63) is 35.9 Å². The van der Waals surface area contributed by atoms with E-state index in [9.17, 15) is 18.0 Å². The number of sulfone groups is 1. The minimum absolute atomic E-state index is 0.0427. The Balaban J connectivity index is 1.82. The molecule has 2 rings (SSSR count). The molecule has 136 valence electrons. The molecule has 1 aliphatic rings. The van der Waals surface area contributed by atoms with Crippen LogP contribution >= 0.6 is 0 Å². The van der Waals surface area contributed by atoms with Crippen molar-refractivity contribution in [1.82, 2.24) is 4.90 Å². The predicted octanol–water partition coefficient (Wildman–Crippen LogP) is 0.897. The number of rotatable bonds is 6. The number of ether oxygens (including phenoxy) is 2. The first-order valence-electron chi connectivity index (χ1n) is 7.76. The number of esters is 1. The zero-order valence-corrected chi connectivity index (χ0v) is 15.0. The second-order valence-corrected chi connectivity index (χ2v) is 8.01. The number of carbonyl (C=O) groups excluding carboxylic acids is 2. The van der Waals surface area contributed by atoms with E-state index < -0.39 is 28.3 Å². The van der Waals surface area contributed by atoms with Gasteiger partial charge in [0.05, 0.1) is 18.6 Å². The topological polar surface area (TPSA) is 90.0 Å². The van der Waals surface area contributed by atoms with E-state index in [0.717, 1.165) is 5.56 Å². The fourth-order valence-electron chi connectivity index (χ4n) is 2.48. The van der Waals surface area contributed by atoms with E-state index in [1.165, 1.54) is 18.0 Å². The lowest BCUT2D eigenvalue weighted by Crippen LogP contribution is -2.40. The second-order valence-electron chi connectivity index (χ2n) is 5.78. The average Bonchev–Trinajstić information content (AvgIpc) is 2.97. The van der Waals surface area contributed by atoms with Crippen LogP contribution in [0.15, 0.2) is 30.3 Å². The number of methoxy groups -OCH3 is 1. The van der Waals surface area contributed by atoms with Gasteiger partial charge in [-0.05, 0) is 30.2 Å². The maximum absolute atomic E-state index is 12.0. The highest BCUT2D eigenvalue weighted by Crippen LogP contribution is 2.16. The van der Waals surface area contributed by atoms with Crippen molar-refractivity contribution in [3.63, 3.8) is 0 Å². The third-order valence-electron chi connectivity index (χ3n) is 3.99. The molecule has 0 bridgehead atoms. The number of likely N-dealkylation sites (N-methyl/N-ethyl adjacent to an activating group) is 1. The molecule has 0 saturated carbocycles. The number of hydrogen-bond donors (Lipinski definition) is 0. The molecule has 7 nitrogen and oxygen atoms in total. The molecule has 8 heteroatoms. The molecule has 1 unspecified atom stereocenters. The highest BCUT2D eigenvalue weighted by molar-refractivity contribution is 7.91. The molecule has 0 radical (unpaired) electrons. The number of benzene rings is 1. The van der Waals surface area contributed by atoms with Crippen LogP contribution in [0.2, 0.25) is 0 Å². The normalized spacial score (nSPS) is 18.9. The zero-order chi connectivity index (χ0) is 18.4. The van der Waals surface area contributed by atoms with Gasteiger partial charge < -0.3 is 14.4 Å². The molecule has 1 heterocycles. The summed E-state index contributed by atoms with van der Waals surface area (Å²) in [5.74, 6) is -0.371. The van der Waals surface area contributed by atoms with Crippen molar-refractivity contribution in [3.8, 4) is 5.75 Å². The first-order valence-corrected chi connectivity index (χ1v) is 9.58. The molecule has 1 aliphatic heterocycles. The summed E-state index contributed by atoms with van der Waals surface area (Å²) in [4.78, 5) is 25.1. The van der Waals surface area contributed by atoms with Gasteiger partial charge in [-0.25, -0.2) is 13.2 Å². The van der Waals surface area contributed by atoms with E-state index in [1.807, 2.05) is 0 Å². The summed E-state index contributed by atoms with van der Waals surface area (Å²) >= 11 is 0. The standard InChI is InChI=1S/C17H21NO6S/c1-18(14-8-9-25(21,22)12-14)16(19)11-24-17(20)7-6-13-4-3-5-15(10-13)23-2/h3-7,10,14H,8-9,11-12H2,1-2H3/b7-6+. The lowest BCUT2D eigenvalue weighted by Gasteiger charge is -2.22. The Morgan fingerprint density at radius 3 is 2.76 bits per heavy atom. The van der Waals surface area contributed by atoms with E-state index in [2.05, 4.69) is 0 Å². The molecule has 0 spiro atoms. The molecule has 0 N–H and O–H groups in total. The Hall–Kier alpha value is -2.35. The van der Waals surface area contributed by atoms with E-state index in [-0.39, 0.29) is 17.5 Å². The van der Waals surface area contributed by atoms with Crippen molar-refractivity contribution >= 4 is 27.8 Å². The number of amides is 1. The summed E-state index contributed by atoms with van der Waals surface area (Å²) in [6.07, 6.45) is 3.19. The quantitative estimate of drug-likeness (QED) is 0.548. The first-order chi connectivity index (χ1) is 11.8. The first kappa shape index (κ1) is 19.0. The van der Waals surface area contributed by atoms with Crippen LogP contribution in [-0.4, -0.2) is 63.5 Å². The summed E-state index contributed by atoms with van der Waals surface area (Å²) in [6, 6.07) is 6.77. The molecule has 1 fully saturated rings. The van der Waals surface area contributed by atoms with Crippen molar-refractivity contribution in [2.75, 3.05) is 32.3 Å². The molecule has 1 saturated heterocycles. The third-order valence-corrected chi connectivity index (χ3v) is 5.74. The second kappa shape index (κ2) is 8.15.